The molecule has 0 amide bonds. The molecule has 19 heavy (non-hydrogen) atoms. The Morgan fingerprint density at radius 2 is 2.11 bits per heavy atom. The number of carbonyl (C=O) groups is 1. The molecular weight excluding hydrogens is 244 g/mol. The normalized spacial score (nSPS) is 10.4. The van der Waals surface area contributed by atoms with E-state index in [1.165, 1.54) is 0 Å². The minimum Gasteiger partial charge on any atom is -0.466 e. The van der Waals surface area contributed by atoms with Crippen molar-refractivity contribution in [1.82, 2.24) is 4.57 Å². The summed E-state index contributed by atoms with van der Waals surface area (Å²) in [7, 11) is 0. The van der Waals surface area contributed by atoms with Crippen molar-refractivity contribution < 1.29 is 9.53 Å². The van der Waals surface area contributed by atoms with E-state index in [9.17, 15) is 9.59 Å². The Bertz CT molecular complexity index is 480. The van der Waals surface area contributed by atoms with Crippen LogP contribution in [-0.4, -0.2) is 17.1 Å². The number of esters is 1. The molecule has 0 atom stereocenters. The van der Waals surface area contributed by atoms with Gasteiger partial charge < -0.3 is 15.0 Å². The maximum absolute atomic E-state index is 11.7. The third-order valence-electron chi connectivity index (χ3n) is 2.96. The summed E-state index contributed by atoms with van der Waals surface area (Å²) in [5, 5.41) is 0. The topological polar surface area (TPSA) is 74.3 Å². The van der Waals surface area contributed by atoms with Crippen LogP contribution in [0.4, 0.5) is 5.69 Å². The van der Waals surface area contributed by atoms with Gasteiger partial charge in [-0.05, 0) is 32.3 Å². The average molecular weight is 266 g/mol. The largest absolute Gasteiger partial charge is 0.466 e. The van der Waals surface area contributed by atoms with Crippen molar-refractivity contribution in [3.63, 3.8) is 0 Å². The Balaban J connectivity index is 2.32. The second kappa shape index (κ2) is 7.61. The van der Waals surface area contributed by atoms with Gasteiger partial charge in [0.05, 0.1) is 12.3 Å². The number of rotatable bonds is 7. The van der Waals surface area contributed by atoms with Gasteiger partial charge in [-0.25, -0.2) is 0 Å². The van der Waals surface area contributed by atoms with Crippen LogP contribution in [0, 0.1) is 6.92 Å². The molecule has 5 nitrogen and oxygen atoms in total. The van der Waals surface area contributed by atoms with E-state index in [1.54, 1.807) is 23.8 Å². The number of nitrogen functional groups attached to an aromatic ring is 1. The summed E-state index contributed by atoms with van der Waals surface area (Å²) in [5.74, 6) is -0.153. The Morgan fingerprint density at radius 3 is 2.79 bits per heavy atom. The van der Waals surface area contributed by atoms with E-state index in [-0.39, 0.29) is 11.5 Å². The molecule has 1 rings (SSSR count). The van der Waals surface area contributed by atoms with E-state index >= 15 is 0 Å². The van der Waals surface area contributed by atoms with Crippen LogP contribution in [0.1, 0.15) is 38.2 Å². The molecule has 2 N–H and O–H groups in total. The van der Waals surface area contributed by atoms with Gasteiger partial charge in [0.25, 0.3) is 5.56 Å². The first-order valence-electron chi connectivity index (χ1n) is 6.66. The number of ether oxygens (including phenoxy) is 1. The number of aromatic nitrogens is 1. The SMILES string of the molecule is CCOC(=O)CCCCCn1cc(N)c(C)cc1=O. The number of hydrogen-bond donors (Lipinski definition) is 1. The highest BCUT2D eigenvalue weighted by Gasteiger charge is 2.03. The fraction of sp³-hybridized carbons (Fsp3) is 0.571. The summed E-state index contributed by atoms with van der Waals surface area (Å²) >= 11 is 0. The van der Waals surface area contributed by atoms with Crippen molar-refractivity contribution in [1.29, 1.82) is 0 Å². The molecule has 5 heteroatoms. The molecule has 0 saturated carbocycles. The maximum atomic E-state index is 11.7. The van der Waals surface area contributed by atoms with Gasteiger partial charge in [-0.15, -0.1) is 0 Å². The second-order valence-electron chi connectivity index (χ2n) is 4.56. The van der Waals surface area contributed by atoms with Crippen LogP contribution in [0.25, 0.3) is 0 Å². The van der Waals surface area contributed by atoms with Gasteiger partial charge in [-0.2, -0.15) is 0 Å². The van der Waals surface area contributed by atoms with Crippen molar-refractivity contribution in [3.8, 4) is 0 Å². The molecule has 0 spiro atoms. The van der Waals surface area contributed by atoms with E-state index in [4.69, 9.17) is 10.5 Å². The highest BCUT2D eigenvalue weighted by Crippen LogP contribution is 2.07. The molecule has 0 bridgehead atoms. The number of anilines is 1. The Morgan fingerprint density at radius 1 is 1.37 bits per heavy atom. The van der Waals surface area contributed by atoms with Crippen LogP contribution < -0.4 is 11.3 Å². The quantitative estimate of drug-likeness (QED) is 0.604. The summed E-state index contributed by atoms with van der Waals surface area (Å²) < 4.78 is 6.46. The molecule has 0 saturated heterocycles. The zero-order chi connectivity index (χ0) is 14.3. The maximum Gasteiger partial charge on any atom is 0.305 e. The van der Waals surface area contributed by atoms with E-state index in [0.29, 0.717) is 25.3 Å². The molecule has 0 fully saturated rings. The number of aryl methyl sites for hydroxylation is 2. The van der Waals surface area contributed by atoms with E-state index < -0.39 is 0 Å². The predicted octanol–water partition coefficient (Wildman–Crippen LogP) is 1.86. The summed E-state index contributed by atoms with van der Waals surface area (Å²) in [6.45, 7) is 4.68. The van der Waals surface area contributed by atoms with Gasteiger partial charge in [-0.3, -0.25) is 9.59 Å². The zero-order valence-corrected chi connectivity index (χ0v) is 11.6. The first-order chi connectivity index (χ1) is 9.04. The summed E-state index contributed by atoms with van der Waals surface area (Å²) in [6, 6.07) is 1.55. The van der Waals surface area contributed by atoms with Gasteiger partial charge in [-0.1, -0.05) is 6.42 Å². The summed E-state index contributed by atoms with van der Waals surface area (Å²) in [6.07, 6.45) is 4.65. The Kier molecular flexibility index (Phi) is 6.12. The lowest BCUT2D eigenvalue weighted by molar-refractivity contribution is -0.143. The van der Waals surface area contributed by atoms with Crippen LogP contribution in [0.15, 0.2) is 17.1 Å². The van der Waals surface area contributed by atoms with Crippen LogP contribution in [-0.2, 0) is 16.1 Å². The smallest absolute Gasteiger partial charge is 0.305 e. The highest BCUT2D eigenvalue weighted by molar-refractivity contribution is 5.69. The molecule has 0 aliphatic rings. The van der Waals surface area contributed by atoms with E-state index in [2.05, 4.69) is 0 Å². The fourth-order valence-corrected chi connectivity index (χ4v) is 1.82. The molecule has 0 aromatic carbocycles. The number of hydrogen-bond acceptors (Lipinski definition) is 4. The van der Waals surface area contributed by atoms with Crippen LogP contribution in [0.2, 0.25) is 0 Å². The number of pyridine rings is 1. The van der Waals surface area contributed by atoms with Crippen molar-refractivity contribution in [2.75, 3.05) is 12.3 Å². The van der Waals surface area contributed by atoms with Crippen molar-refractivity contribution in [2.45, 2.75) is 46.1 Å². The van der Waals surface area contributed by atoms with Crippen molar-refractivity contribution in [3.05, 3.63) is 28.2 Å². The Hall–Kier alpha value is -1.78. The first-order valence-corrected chi connectivity index (χ1v) is 6.66. The third kappa shape index (κ3) is 5.16. The molecule has 106 valence electrons. The molecule has 0 aliphatic carbocycles. The molecule has 1 aromatic heterocycles. The average Bonchev–Trinajstić information content (AvgIpc) is 2.35. The zero-order valence-electron chi connectivity index (χ0n) is 11.6. The minimum atomic E-state index is -0.153. The van der Waals surface area contributed by atoms with E-state index in [0.717, 1.165) is 24.8 Å². The standard InChI is InChI=1S/C14H22N2O3/c1-3-19-14(18)7-5-4-6-8-16-10-12(15)11(2)9-13(16)17/h9-10H,3-8,15H2,1-2H3. The number of nitrogens with zero attached hydrogens (tertiary/aromatic N) is 1. The monoisotopic (exact) mass is 266 g/mol. The van der Waals surface area contributed by atoms with Crippen LogP contribution in [0.5, 0.6) is 0 Å². The summed E-state index contributed by atoms with van der Waals surface area (Å²) in [5.41, 5.74) is 7.18. The van der Waals surface area contributed by atoms with Gasteiger partial charge in [0.2, 0.25) is 0 Å². The summed E-state index contributed by atoms with van der Waals surface area (Å²) in [4.78, 5) is 22.8. The van der Waals surface area contributed by atoms with Crippen LogP contribution >= 0.6 is 0 Å². The van der Waals surface area contributed by atoms with Crippen molar-refractivity contribution in [2.24, 2.45) is 0 Å². The molecule has 0 unspecified atom stereocenters. The van der Waals surface area contributed by atoms with Gasteiger partial charge in [0.1, 0.15) is 0 Å². The third-order valence-corrected chi connectivity index (χ3v) is 2.96. The molecule has 0 aliphatic heterocycles. The number of carbonyl (C=O) groups excluding carboxylic acids is 1. The van der Waals surface area contributed by atoms with E-state index in [1.807, 2.05) is 6.92 Å². The second-order valence-corrected chi connectivity index (χ2v) is 4.56. The highest BCUT2D eigenvalue weighted by atomic mass is 16.5. The fourth-order valence-electron chi connectivity index (χ4n) is 1.82. The first kappa shape index (κ1) is 15.3. The molecule has 0 radical (unpaired) electrons. The van der Waals surface area contributed by atoms with Gasteiger partial charge in [0, 0.05) is 25.2 Å². The van der Waals surface area contributed by atoms with Crippen molar-refractivity contribution >= 4 is 11.7 Å². The molecule has 1 aromatic rings. The lowest BCUT2D eigenvalue weighted by Gasteiger charge is -2.08. The number of unbranched alkanes of at least 4 members (excludes halogenated alkanes) is 2. The minimum absolute atomic E-state index is 0.0305. The number of nitrogens with two attached hydrogens (primary N) is 1. The van der Waals surface area contributed by atoms with Gasteiger partial charge >= 0.3 is 5.97 Å². The lowest BCUT2D eigenvalue weighted by Crippen LogP contribution is -2.20. The lowest BCUT2D eigenvalue weighted by atomic mass is 10.2. The van der Waals surface area contributed by atoms with Gasteiger partial charge in [0.15, 0.2) is 0 Å². The molecule has 1 heterocycles. The predicted molar refractivity (Wildman–Crippen MR) is 75.0 cm³/mol. The molecular formula is C14H22N2O3. The Labute approximate surface area is 113 Å². The van der Waals surface area contributed by atoms with Crippen LogP contribution in [0.3, 0.4) is 0 Å².